The van der Waals surface area contributed by atoms with Gasteiger partial charge in [-0.3, -0.25) is 0 Å². The van der Waals surface area contributed by atoms with E-state index in [0.29, 0.717) is 6.42 Å². The maximum Gasteiger partial charge on any atom is 0.329 e. The minimum absolute atomic E-state index is 0.146. The molecule has 2 amide bonds. The first kappa shape index (κ1) is 14.8. The molecule has 18 heavy (non-hydrogen) atoms. The Balaban J connectivity index is 2.45. The van der Waals surface area contributed by atoms with E-state index < -0.39 is 11.5 Å². The van der Waals surface area contributed by atoms with Gasteiger partial charge in [-0.15, -0.1) is 0 Å². The van der Waals surface area contributed by atoms with Crippen molar-refractivity contribution in [2.24, 2.45) is 5.92 Å². The van der Waals surface area contributed by atoms with Crippen LogP contribution in [0.25, 0.3) is 0 Å². The molecule has 1 aliphatic rings. The summed E-state index contributed by atoms with van der Waals surface area (Å²) in [6.45, 7) is 5.30. The predicted molar refractivity (Wildman–Crippen MR) is 69.4 cm³/mol. The molecule has 2 unspecified atom stereocenters. The second kappa shape index (κ2) is 6.07. The second-order valence-corrected chi connectivity index (χ2v) is 5.37. The van der Waals surface area contributed by atoms with E-state index in [4.69, 9.17) is 5.11 Å². The smallest absolute Gasteiger partial charge is 0.329 e. The number of urea groups is 1. The van der Waals surface area contributed by atoms with Crippen molar-refractivity contribution in [1.82, 2.24) is 10.6 Å². The van der Waals surface area contributed by atoms with Gasteiger partial charge in [-0.25, -0.2) is 9.59 Å². The lowest BCUT2D eigenvalue weighted by Gasteiger charge is -2.26. The van der Waals surface area contributed by atoms with Gasteiger partial charge in [0.1, 0.15) is 5.54 Å². The van der Waals surface area contributed by atoms with Gasteiger partial charge in [0.2, 0.25) is 0 Å². The molecule has 0 aromatic rings. The molecule has 1 rings (SSSR count). The lowest BCUT2D eigenvalue weighted by Crippen LogP contribution is -2.56. The zero-order valence-electron chi connectivity index (χ0n) is 11.5. The molecule has 104 valence electrons. The van der Waals surface area contributed by atoms with Crippen molar-refractivity contribution >= 4 is 12.0 Å². The highest BCUT2D eigenvalue weighted by Gasteiger charge is 2.33. The molecule has 1 aliphatic carbocycles. The minimum atomic E-state index is -1.19. The van der Waals surface area contributed by atoms with E-state index in [0.717, 1.165) is 18.8 Å². The first-order valence-electron chi connectivity index (χ1n) is 6.73. The van der Waals surface area contributed by atoms with E-state index in [2.05, 4.69) is 10.6 Å². The van der Waals surface area contributed by atoms with Crippen molar-refractivity contribution in [2.45, 2.75) is 64.5 Å². The zero-order chi connectivity index (χ0) is 13.8. The van der Waals surface area contributed by atoms with Crippen LogP contribution in [0.2, 0.25) is 0 Å². The third-order valence-electron chi connectivity index (χ3n) is 3.71. The van der Waals surface area contributed by atoms with Crippen molar-refractivity contribution in [3.8, 4) is 0 Å². The molecule has 0 bridgehead atoms. The normalized spacial score (nSPS) is 19.7. The van der Waals surface area contributed by atoms with Crippen molar-refractivity contribution in [3.63, 3.8) is 0 Å². The summed E-state index contributed by atoms with van der Waals surface area (Å²) in [6.07, 6.45) is 4.73. The number of hydrogen-bond acceptors (Lipinski definition) is 2. The SMILES string of the molecule is CCC(CC1CC1)NC(=O)NC(C)(CC)C(=O)O. The largest absolute Gasteiger partial charge is 0.480 e. The molecule has 0 heterocycles. The Labute approximate surface area is 108 Å². The van der Waals surface area contributed by atoms with Crippen LogP contribution in [0.4, 0.5) is 4.79 Å². The fourth-order valence-corrected chi connectivity index (χ4v) is 1.85. The first-order valence-corrected chi connectivity index (χ1v) is 6.73. The van der Waals surface area contributed by atoms with E-state index in [1.165, 1.54) is 19.8 Å². The number of carbonyl (C=O) groups is 2. The number of hydrogen-bond donors (Lipinski definition) is 3. The molecule has 5 nitrogen and oxygen atoms in total. The zero-order valence-corrected chi connectivity index (χ0v) is 11.5. The second-order valence-electron chi connectivity index (χ2n) is 5.37. The van der Waals surface area contributed by atoms with Crippen LogP contribution in [0.15, 0.2) is 0 Å². The summed E-state index contributed by atoms with van der Waals surface area (Å²) in [5, 5.41) is 14.5. The van der Waals surface area contributed by atoms with Crippen LogP contribution in [-0.4, -0.2) is 28.7 Å². The fraction of sp³-hybridized carbons (Fsp3) is 0.846. The maximum atomic E-state index is 11.8. The molecule has 0 spiro atoms. The lowest BCUT2D eigenvalue weighted by molar-refractivity contribution is -0.143. The average molecular weight is 256 g/mol. The van der Waals surface area contributed by atoms with Crippen LogP contribution in [0.5, 0.6) is 0 Å². The molecule has 1 saturated carbocycles. The standard InChI is InChI=1S/C13H24N2O3/c1-4-10(8-9-6-7-9)14-12(18)15-13(3,5-2)11(16)17/h9-10H,4-8H2,1-3H3,(H,16,17)(H2,14,15,18). The van der Waals surface area contributed by atoms with E-state index in [1.54, 1.807) is 6.92 Å². The number of carboxylic acid groups (broad SMARTS) is 1. The lowest BCUT2D eigenvalue weighted by atomic mass is 9.99. The number of rotatable bonds is 7. The van der Waals surface area contributed by atoms with E-state index in [1.807, 2.05) is 6.92 Å². The Kier molecular flexibility index (Phi) is 4.99. The summed E-state index contributed by atoms with van der Waals surface area (Å²) in [5.41, 5.74) is -1.19. The van der Waals surface area contributed by atoms with Crippen molar-refractivity contribution in [3.05, 3.63) is 0 Å². The molecule has 0 aromatic heterocycles. The van der Waals surface area contributed by atoms with Gasteiger partial charge in [0.25, 0.3) is 0 Å². The van der Waals surface area contributed by atoms with Gasteiger partial charge in [-0.1, -0.05) is 26.7 Å². The highest BCUT2D eigenvalue weighted by molar-refractivity contribution is 5.85. The van der Waals surface area contributed by atoms with Crippen LogP contribution in [-0.2, 0) is 4.79 Å². The molecule has 0 saturated heterocycles. The van der Waals surface area contributed by atoms with Gasteiger partial charge in [0.15, 0.2) is 0 Å². The summed E-state index contributed by atoms with van der Waals surface area (Å²) in [7, 11) is 0. The quantitative estimate of drug-likeness (QED) is 0.653. The van der Waals surface area contributed by atoms with Gasteiger partial charge in [-0.05, 0) is 32.1 Å². The van der Waals surface area contributed by atoms with E-state index >= 15 is 0 Å². The first-order chi connectivity index (χ1) is 8.41. The Morgan fingerprint density at radius 2 is 2.00 bits per heavy atom. The van der Waals surface area contributed by atoms with Crippen LogP contribution in [0.3, 0.4) is 0 Å². The molecule has 0 radical (unpaired) electrons. The molecule has 2 atom stereocenters. The van der Waals surface area contributed by atoms with Gasteiger partial charge < -0.3 is 15.7 Å². The van der Waals surface area contributed by atoms with E-state index in [-0.39, 0.29) is 12.1 Å². The molecule has 5 heteroatoms. The Morgan fingerprint density at radius 3 is 2.39 bits per heavy atom. The summed E-state index contributed by atoms with van der Waals surface area (Å²) >= 11 is 0. The third kappa shape index (κ3) is 4.20. The van der Waals surface area contributed by atoms with Gasteiger partial charge >= 0.3 is 12.0 Å². The minimum Gasteiger partial charge on any atom is -0.480 e. The molecule has 0 aromatic carbocycles. The Bertz CT molecular complexity index is 315. The molecule has 0 aliphatic heterocycles. The Morgan fingerprint density at radius 1 is 1.39 bits per heavy atom. The molecular weight excluding hydrogens is 232 g/mol. The maximum absolute atomic E-state index is 11.8. The summed E-state index contributed by atoms with van der Waals surface area (Å²) < 4.78 is 0. The number of carbonyl (C=O) groups excluding carboxylic acids is 1. The summed E-state index contributed by atoms with van der Waals surface area (Å²) in [6, 6.07) is -0.235. The van der Waals surface area contributed by atoms with Gasteiger partial charge in [0, 0.05) is 6.04 Å². The molecule has 1 fully saturated rings. The molecular formula is C13H24N2O3. The highest BCUT2D eigenvalue weighted by atomic mass is 16.4. The third-order valence-corrected chi connectivity index (χ3v) is 3.71. The Hall–Kier alpha value is -1.26. The topological polar surface area (TPSA) is 78.4 Å². The summed E-state index contributed by atoms with van der Waals surface area (Å²) in [5.74, 6) is -0.261. The highest BCUT2D eigenvalue weighted by Crippen LogP contribution is 2.34. The van der Waals surface area contributed by atoms with E-state index in [9.17, 15) is 9.59 Å². The van der Waals surface area contributed by atoms with Crippen molar-refractivity contribution in [2.75, 3.05) is 0 Å². The van der Waals surface area contributed by atoms with Crippen molar-refractivity contribution < 1.29 is 14.7 Å². The van der Waals surface area contributed by atoms with Gasteiger partial charge in [-0.2, -0.15) is 0 Å². The van der Waals surface area contributed by atoms with Crippen LogP contribution in [0, 0.1) is 5.92 Å². The van der Waals surface area contributed by atoms with Crippen LogP contribution < -0.4 is 10.6 Å². The van der Waals surface area contributed by atoms with Crippen molar-refractivity contribution in [1.29, 1.82) is 0 Å². The number of nitrogens with one attached hydrogen (secondary N) is 2. The fourth-order valence-electron chi connectivity index (χ4n) is 1.85. The average Bonchev–Trinajstić information content (AvgIpc) is 3.11. The predicted octanol–water partition coefficient (Wildman–Crippen LogP) is 2.12. The van der Waals surface area contributed by atoms with Crippen LogP contribution >= 0.6 is 0 Å². The molecule has 3 N–H and O–H groups in total. The van der Waals surface area contributed by atoms with Gasteiger partial charge in [0.05, 0.1) is 0 Å². The number of aliphatic carboxylic acids is 1. The number of amides is 2. The number of carboxylic acids is 1. The summed E-state index contributed by atoms with van der Waals surface area (Å²) in [4.78, 5) is 22.9. The monoisotopic (exact) mass is 256 g/mol. The van der Waals surface area contributed by atoms with Crippen LogP contribution in [0.1, 0.15) is 52.9 Å².